The highest BCUT2D eigenvalue weighted by Crippen LogP contribution is 2.52. The third kappa shape index (κ3) is 3.31. The minimum absolute atomic E-state index is 0.0535. The van der Waals surface area contributed by atoms with Crippen molar-refractivity contribution >= 4 is 17.7 Å². The van der Waals surface area contributed by atoms with E-state index in [1.165, 1.54) is 4.90 Å². The molecule has 5 nitrogen and oxygen atoms in total. The number of carbonyl (C=O) groups excluding carboxylic acids is 3. The molecule has 2 aliphatic carbocycles. The zero-order valence-electron chi connectivity index (χ0n) is 20.2. The van der Waals surface area contributed by atoms with E-state index in [1.807, 2.05) is 41.3 Å². The van der Waals surface area contributed by atoms with Gasteiger partial charge in [0.15, 0.2) is 0 Å². The summed E-state index contributed by atoms with van der Waals surface area (Å²) in [6.07, 6.45) is 5.59. The van der Waals surface area contributed by atoms with Crippen LogP contribution in [0.25, 0.3) is 0 Å². The molecule has 2 heterocycles. The molecular formula is C29H34N2O3. The molecule has 0 spiro atoms. The highest BCUT2D eigenvalue weighted by molar-refractivity contribution is 6.05. The summed E-state index contributed by atoms with van der Waals surface area (Å²) in [6.45, 7) is 17.1. The van der Waals surface area contributed by atoms with Gasteiger partial charge in [0.2, 0.25) is 17.7 Å². The number of hydrogen-bond acceptors (Lipinski definition) is 3. The molecule has 0 N–H and O–H groups in total. The first-order valence-electron chi connectivity index (χ1n) is 12.4. The third-order valence-electron chi connectivity index (χ3n) is 8.87. The van der Waals surface area contributed by atoms with Crippen LogP contribution in [-0.2, 0) is 27.5 Å². The molecule has 0 aromatic heterocycles. The quantitative estimate of drug-likeness (QED) is 0.464. The van der Waals surface area contributed by atoms with Crippen molar-refractivity contribution in [3.8, 4) is 0 Å². The summed E-state index contributed by atoms with van der Waals surface area (Å²) in [6, 6.07) is 7.87. The Hall–Kier alpha value is -2.95. The molecule has 4 aliphatic rings. The van der Waals surface area contributed by atoms with Gasteiger partial charge >= 0.3 is 0 Å². The predicted octanol–water partition coefficient (Wildman–Crippen LogP) is 4.56. The van der Waals surface area contributed by atoms with Crippen molar-refractivity contribution < 1.29 is 14.4 Å². The number of amides is 3. The van der Waals surface area contributed by atoms with Crippen molar-refractivity contribution in [2.24, 2.45) is 47.3 Å². The van der Waals surface area contributed by atoms with Gasteiger partial charge in [-0.25, -0.2) is 0 Å². The molecular weight excluding hydrogens is 424 g/mol. The Labute approximate surface area is 202 Å². The molecule has 8 atom stereocenters. The molecule has 2 saturated carbocycles. The van der Waals surface area contributed by atoms with E-state index >= 15 is 0 Å². The monoisotopic (exact) mass is 458 g/mol. The second kappa shape index (κ2) is 8.37. The van der Waals surface area contributed by atoms with Crippen LogP contribution in [0.2, 0.25) is 0 Å². The van der Waals surface area contributed by atoms with Gasteiger partial charge in [0.1, 0.15) is 0 Å². The maximum absolute atomic E-state index is 13.3. The van der Waals surface area contributed by atoms with Gasteiger partial charge in [0.05, 0.1) is 30.8 Å². The van der Waals surface area contributed by atoms with Gasteiger partial charge in [0, 0.05) is 11.6 Å². The number of rotatable bonds is 6. The van der Waals surface area contributed by atoms with Crippen LogP contribution in [0.4, 0.5) is 0 Å². The van der Waals surface area contributed by atoms with Gasteiger partial charge in [-0.2, -0.15) is 0 Å². The molecule has 8 unspecified atom stereocenters. The van der Waals surface area contributed by atoms with Crippen molar-refractivity contribution in [3.05, 3.63) is 73.0 Å². The van der Waals surface area contributed by atoms with Crippen LogP contribution < -0.4 is 0 Å². The molecule has 5 rings (SSSR count). The number of nitrogens with zero attached hydrogens (tertiary/aromatic N) is 2. The first-order valence-corrected chi connectivity index (χ1v) is 12.4. The summed E-state index contributed by atoms with van der Waals surface area (Å²) in [5, 5.41) is 0. The van der Waals surface area contributed by atoms with Gasteiger partial charge < -0.3 is 4.90 Å². The molecule has 3 amide bonds. The van der Waals surface area contributed by atoms with E-state index in [2.05, 4.69) is 33.6 Å². The third-order valence-corrected chi connectivity index (χ3v) is 8.87. The molecule has 1 aromatic rings. The minimum atomic E-state index is -0.270. The molecule has 0 radical (unpaired) electrons. The molecule has 1 aromatic carbocycles. The summed E-state index contributed by atoms with van der Waals surface area (Å²) < 4.78 is 0. The predicted molar refractivity (Wildman–Crippen MR) is 131 cm³/mol. The van der Waals surface area contributed by atoms with E-state index in [0.29, 0.717) is 12.5 Å². The summed E-state index contributed by atoms with van der Waals surface area (Å²) >= 11 is 0. The Kier molecular flexibility index (Phi) is 5.62. The van der Waals surface area contributed by atoms with Crippen molar-refractivity contribution in [1.82, 2.24) is 9.80 Å². The Morgan fingerprint density at radius 2 is 1.26 bits per heavy atom. The molecule has 2 aliphatic heterocycles. The maximum atomic E-state index is 13.3. The molecule has 5 heteroatoms. The van der Waals surface area contributed by atoms with Crippen LogP contribution in [0.5, 0.6) is 0 Å². The maximum Gasteiger partial charge on any atom is 0.234 e. The summed E-state index contributed by atoms with van der Waals surface area (Å²) in [4.78, 5) is 42.8. The molecule has 0 bridgehead atoms. The normalized spacial score (nSPS) is 36.9. The Balaban J connectivity index is 1.32. The number of likely N-dealkylation sites (tertiary alicyclic amines) is 2. The Morgan fingerprint density at radius 1 is 0.794 bits per heavy atom. The smallest absolute Gasteiger partial charge is 0.234 e. The molecule has 2 saturated heterocycles. The minimum Gasteiger partial charge on any atom is -0.312 e. The largest absolute Gasteiger partial charge is 0.312 e. The lowest BCUT2D eigenvalue weighted by Gasteiger charge is -2.23. The van der Waals surface area contributed by atoms with Crippen LogP contribution in [0, 0.1) is 47.3 Å². The lowest BCUT2D eigenvalue weighted by molar-refractivity contribution is -0.141. The van der Waals surface area contributed by atoms with Crippen LogP contribution >= 0.6 is 0 Å². The van der Waals surface area contributed by atoms with Gasteiger partial charge in [-0.05, 0) is 47.6 Å². The molecule has 4 fully saturated rings. The number of benzene rings is 1. The average molecular weight is 459 g/mol. The van der Waals surface area contributed by atoms with E-state index in [9.17, 15) is 14.4 Å². The fraction of sp³-hybridized carbons (Fsp3) is 0.483. The SMILES string of the molecule is C=CC1CC(C)C2C(=C)N(Cc3cccc(CN4C(=O)C5C(C)CC(C=C)C5C4=O)c3)C(=O)C12. The van der Waals surface area contributed by atoms with Crippen LogP contribution in [0.15, 0.2) is 61.9 Å². The lowest BCUT2D eigenvalue weighted by Crippen LogP contribution is -2.33. The van der Waals surface area contributed by atoms with E-state index in [4.69, 9.17) is 0 Å². The van der Waals surface area contributed by atoms with Crippen LogP contribution in [0.3, 0.4) is 0 Å². The molecule has 178 valence electrons. The summed E-state index contributed by atoms with van der Waals surface area (Å²) in [7, 11) is 0. The highest BCUT2D eigenvalue weighted by atomic mass is 16.2. The Morgan fingerprint density at radius 3 is 1.85 bits per heavy atom. The fourth-order valence-corrected chi connectivity index (χ4v) is 7.27. The van der Waals surface area contributed by atoms with Crippen LogP contribution in [-0.4, -0.2) is 27.5 Å². The standard InChI is InChI=1S/C29H34N2O3/c1-6-21-11-16(3)23-18(5)30(28(33)25(21)23)14-19-9-8-10-20(13-19)15-31-27(32)24-17(4)12-22(7-2)26(24)29(31)34/h6-10,13,16-17,21-26H,1-2,5,11-12,14-15H2,3-4H3. The number of imide groups is 1. The average Bonchev–Trinajstić information content (AvgIpc) is 3.48. The van der Waals surface area contributed by atoms with Gasteiger partial charge in [0.25, 0.3) is 0 Å². The van der Waals surface area contributed by atoms with E-state index in [1.54, 1.807) is 0 Å². The van der Waals surface area contributed by atoms with Crippen molar-refractivity contribution in [3.63, 3.8) is 0 Å². The van der Waals surface area contributed by atoms with E-state index in [0.717, 1.165) is 29.7 Å². The second-order valence-corrected chi connectivity index (χ2v) is 10.8. The zero-order chi connectivity index (χ0) is 24.3. The van der Waals surface area contributed by atoms with Crippen molar-refractivity contribution in [2.45, 2.75) is 39.8 Å². The summed E-state index contributed by atoms with van der Waals surface area (Å²) in [5.41, 5.74) is 2.78. The van der Waals surface area contributed by atoms with Gasteiger partial charge in [-0.3, -0.25) is 19.3 Å². The van der Waals surface area contributed by atoms with Crippen molar-refractivity contribution in [1.29, 1.82) is 0 Å². The van der Waals surface area contributed by atoms with E-state index < -0.39 is 0 Å². The second-order valence-electron chi connectivity index (χ2n) is 10.8. The first kappa shape index (κ1) is 22.8. The van der Waals surface area contributed by atoms with Gasteiger partial charge in [-0.1, -0.05) is 56.8 Å². The zero-order valence-corrected chi connectivity index (χ0v) is 20.2. The van der Waals surface area contributed by atoms with Gasteiger partial charge in [-0.15, -0.1) is 13.2 Å². The topological polar surface area (TPSA) is 57.7 Å². The first-order chi connectivity index (χ1) is 16.3. The number of allylic oxidation sites excluding steroid dienone is 3. The molecule has 34 heavy (non-hydrogen) atoms. The van der Waals surface area contributed by atoms with Crippen molar-refractivity contribution in [2.75, 3.05) is 0 Å². The van der Waals surface area contributed by atoms with E-state index in [-0.39, 0.29) is 65.7 Å². The number of fused-ring (bicyclic) bond motifs is 2. The highest BCUT2D eigenvalue weighted by Gasteiger charge is 2.56. The fourth-order valence-electron chi connectivity index (χ4n) is 7.27. The number of hydrogen-bond donors (Lipinski definition) is 0. The summed E-state index contributed by atoms with van der Waals surface area (Å²) in [5.74, 6) is 0.500. The lowest BCUT2D eigenvalue weighted by atomic mass is 9.89. The van der Waals surface area contributed by atoms with Crippen LogP contribution in [0.1, 0.15) is 37.8 Å². The Bertz CT molecular complexity index is 1010. The number of carbonyl (C=O) groups is 3.